The Balaban J connectivity index is 2.98. The molecule has 0 fully saturated rings. The summed E-state index contributed by atoms with van der Waals surface area (Å²) in [5, 5.41) is 7.03. The maximum Gasteiger partial charge on any atom is 0.204 e. The van der Waals surface area contributed by atoms with Crippen molar-refractivity contribution in [1.82, 2.24) is 0 Å². The fraction of sp³-hybridized carbons (Fsp3) is 0.125. The van der Waals surface area contributed by atoms with Crippen LogP contribution in [-0.2, 0) is 9.59 Å². The molecule has 56 valence electrons. The first-order valence-electron chi connectivity index (χ1n) is 3.15. The minimum Gasteiger partial charge on any atom is -0.297 e. The highest BCUT2D eigenvalue weighted by atomic mass is 16.1. The highest BCUT2D eigenvalue weighted by Gasteiger charge is 2.11. The van der Waals surface area contributed by atoms with Crippen LogP contribution in [0.5, 0.6) is 0 Å². The van der Waals surface area contributed by atoms with Crippen molar-refractivity contribution in [2.45, 2.75) is 6.92 Å². The van der Waals surface area contributed by atoms with Gasteiger partial charge in [0.25, 0.3) is 0 Å². The first-order chi connectivity index (χ1) is 5.11. The van der Waals surface area contributed by atoms with Crippen molar-refractivity contribution < 1.29 is 9.59 Å². The van der Waals surface area contributed by atoms with E-state index < -0.39 is 5.78 Å². The molecular formula is C8H7NO2. The van der Waals surface area contributed by atoms with Crippen molar-refractivity contribution in [3.8, 4) is 0 Å². The predicted molar refractivity (Wildman–Crippen MR) is 40.6 cm³/mol. The largest absolute Gasteiger partial charge is 0.297 e. The zero-order valence-electron chi connectivity index (χ0n) is 6.05. The average Bonchev–Trinajstić information content (AvgIpc) is 1.94. The third-order valence-corrected chi connectivity index (χ3v) is 1.39. The summed E-state index contributed by atoms with van der Waals surface area (Å²) in [5.74, 6) is -0.556. The topological polar surface area (TPSA) is 58.0 Å². The van der Waals surface area contributed by atoms with Crippen LogP contribution in [0.25, 0.3) is 0 Å². The van der Waals surface area contributed by atoms with E-state index in [1.165, 1.54) is 25.2 Å². The van der Waals surface area contributed by atoms with Gasteiger partial charge in [0.15, 0.2) is 5.78 Å². The number of carbonyl (C=O) groups excluding carboxylic acids is 2. The second kappa shape index (κ2) is 2.62. The van der Waals surface area contributed by atoms with E-state index in [9.17, 15) is 9.59 Å². The summed E-state index contributed by atoms with van der Waals surface area (Å²) in [5.41, 5.74) is 0.293. The summed E-state index contributed by atoms with van der Waals surface area (Å²) in [6.07, 6.45) is 4.00. The van der Waals surface area contributed by atoms with E-state index in [4.69, 9.17) is 5.41 Å². The molecule has 0 aromatic carbocycles. The zero-order chi connectivity index (χ0) is 8.43. The van der Waals surface area contributed by atoms with Gasteiger partial charge in [0.1, 0.15) is 5.71 Å². The van der Waals surface area contributed by atoms with Crippen LogP contribution < -0.4 is 0 Å². The molecule has 11 heavy (non-hydrogen) atoms. The number of hydrogen-bond acceptors (Lipinski definition) is 3. The minimum atomic E-state index is -0.405. The molecule has 0 amide bonds. The molecule has 1 aliphatic carbocycles. The minimum absolute atomic E-state index is 0.0741. The molecule has 0 saturated heterocycles. The lowest BCUT2D eigenvalue weighted by molar-refractivity contribution is -0.114. The summed E-state index contributed by atoms with van der Waals surface area (Å²) < 4.78 is 0. The fourth-order valence-corrected chi connectivity index (χ4v) is 0.741. The van der Waals surface area contributed by atoms with Crippen LogP contribution >= 0.6 is 0 Å². The Kier molecular flexibility index (Phi) is 1.81. The Labute approximate surface area is 63.9 Å². The Morgan fingerprint density at radius 2 is 2.09 bits per heavy atom. The van der Waals surface area contributed by atoms with Crippen LogP contribution in [0, 0.1) is 5.41 Å². The van der Waals surface area contributed by atoms with Gasteiger partial charge >= 0.3 is 0 Å². The Morgan fingerprint density at radius 1 is 1.45 bits per heavy atom. The lowest BCUT2D eigenvalue weighted by Gasteiger charge is -2.01. The monoisotopic (exact) mass is 149 g/mol. The number of Topliss-reactive ketones (excluding diaryl/α,β-unsaturated/α-hetero) is 1. The lowest BCUT2D eigenvalue weighted by atomic mass is 10.0. The van der Waals surface area contributed by atoms with Gasteiger partial charge in [-0.15, -0.1) is 0 Å². The first-order valence-corrected chi connectivity index (χ1v) is 3.15. The normalized spacial score (nSPS) is 16.6. The van der Waals surface area contributed by atoms with Crippen LogP contribution in [0.4, 0.5) is 0 Å². The highest BCUT2D eigenvalue weighted by Crippen LogP contribution is 2.05. The summed E-state index contributed by atoms with van der Waals surface area (Å²) in [6.45, 7) is 1.39. The summed E-state index contributed by atoms with van der Waals surface area (Å²) in [4.78, 5) is 21.5. The number of nitrogens with one attached hydrogen (secondary N) is 1. The number of carbonyl (C=O) groups is 2. The van der Waals surface area contributed by atoms with Crippen molar-refractivity contribution >= 4 is 17.3 Å². The van der Waals surface area contributed by atoms with Crippen LogP contribution in [-0.4, -0.2) is 17.3 Å². The van der Waals surface area contributed by atoms with Crippen molar-refractivity contribution in [1.29, 1.82) is 5.41 Å². The number of ketones is 2. The molecule has 0 unspecified atom stereocenters. The first kappa shape index (κ1) is 7.60. The Hall–Kier alpha value is -1.51. The summed E-state index contributed by atoms with van der Waals surface area (Å²) in [6, 6.07) is 0. The van der Waals surface area contributed by atoms with Crippen LogP contribution in [0.3, 0.4) is 0 Å². The average molecular weight is 149 g/mol. The van der Waals surface area contributed by atoms with Gasteiger partial charge in [0.05, 0.1) is 0 Å². The Morgan fingerprint density at radius 3 is 2.55 bits per heavy atom. The van der Waals surface area contributed by atoms with Gasteiger partial charge in [-0.25, -0.2) is 0 Å². The molecule has 1 rings (SSSR count). The van der Waals surface area contributed by atoms with Gasteiger partial charge < -0.3 is 0 Å². The predicted octanol–water partition coefficient (Wildman–Crippen LogP) is 0.660. The maximum atomic E-state index is 10.8. The van der Waals surface area contributed by atoms with Gasteiger partial charge in [0, 0.05) is 5.57 Å². The quantitative estimate of drug-likeness (QED) is 0.557. The molecule has 3 heteroatoms. The Bertz CT molecular complexity index is 297. The molecule has 0 aliphatic heterocycles. The summed E-state index contributed by atoms with van der Waals surface area (Å²) >= 11 is 0. The molecule has 0 radical (unpaired) electrons. The van der Waals surface area contributed by atoms with E-state index in [1.807, 2.05) is 0 Å². The van der Waals surface area contributed by atoms with Gasteiger partial charge in [-0.3, -0.25) is 15.0 Å². The molecule has 1 N–H and O–H groups in total. The van der Waals surface area contributed by atoms with E-state index in [0.717, 1.165) is 0 Å². The molecule has 1 aliphatic rings. The molecule has 0 spiro atoms. The molecule has 0 bridgehead atoms. The van der Waals surface area contributed by atoms with Crippen molar-refractivity contribution in [2.24, 2.45) is 0 Å². The van der Waals surface area contributed by atoms with Gasteiger partial charge in [0.2, 0.25) is 5.78 Å². The lowest BCUT2D eigenvalue weighted by Crippen LogP contribution is -2.13. The third-order valence-electron chi connectivity index (χ3n) is 1.39. The van der Waals surface area contributed by atoms with Crippen molar-refractivity contribution in [3.05, 3.63) is 23.8 Å². The van der Waals surface area contributed by atoms with E-state index in [0.29, 0.717) is 5.57 Å². The molecular weight excluding hydrogens is 142 g/mol. The van der Waals surface area contributed by atoms with Gasteiger partial charge in [-0.05, 0) is 25.2 Å². The maximum absolute atomic E-state index is 10.8. The molecule has 0 aromatic rings. The van der Waals surface area contributed by atoms with E-state index in [1.54, 1.807) is 0 Å². The molecule has 0 atom stereocenters. The molecule has 0 saturated carbocycles. The number of rotatable bonds is 1. The molecule has 0 heterocycles. The third kappa shape index (κ3) is 1.49. The second-order valence-corrected chi connectivity index (χ2v) is 2.27. The van der Waals surface area contributed by atoms with Gasteiger partial charge in [-0.2, -0.15) is 0 Å². The SMILES string of the molecule is CC(=O)C1=CC(=O)C(=N)C=C1. The number of allylic oxidation sites excluding steroid dienone is 4. The molecule has 3 nitrogen and oxygen atoms in total. The van der Waals surface area contributed by atoms with E-state index in [-0.39, 0.29) is 11.5 Å². The van der Waals surface area contributed by atoms with Crippen LogP contribution in [0.2, 0.25) is 0 Å². The van der Waals surface area contributed by atoms with E-state index in [2.05, 4.69) is 0 Å². The van der Waals surface area contributed by atoms with Crippen molar-refractivity contribution in [2.75, 3.05) is 0 Å². The van der Waals surface area contributed by atoms with Crippen LogP contribution in [0.1, 0.15) is 6.92 Å². The van der Waals surface area contributed by atoms with Crippen molar-refractivity contribution in [3.63, 3.8) is 0 Å². The standard InChI is InChI=1S/C8H7NO2/c1-5(10)6-2-3-7(9)8(11)4-6/h2-4,9H,1H3. The molecule has 0 aromatic heterocycles. The fourth-order valence-electron chi connectivity index (χ4n) is 0.741. The van der Waals surface area contributed by atoms with E-state index >= 15 is 0 Å². The number of hydrogen-bond donors (Lipinski definition) is 1. The van der Waals surface area contributed by atoms with Crippen LogP contribution in [0.15, 0.2) is 23.8 Å². The summed E-state index contributed by atoms with van der Waals surface area (Å²) in [7, 11) is 0. The smallest absolute Gasteiger partial charge is 0.204 e. The highest BCUT2D eigenvalue weighted by molar-refractivity contribution is 6.48. The second-order valence-electron chi connectivity index (χ2n) is 2.27. The van der Waals surface area contributed by atoms with Gasteiger partial charge in [-0.1, -0.05) is 0 Å². The zero-order valence-corrected chi connectivity index (χ0v) is 6.05.